The molecule has 0 aromatic heterocycles. The van der Waals surface area contributed by atoms with Crippen LogP contribution in [0.25, 0.3) is 0 Å². The largest absolute Gasteiger partial charge is 0.465 e. The Morgan fingerprint density at radius 3 is 2.94 bits per heavy atom. The van der Waals surface area contributed by atoms with Gasteiger partial charge in [-0.2, -0.15) is 0 Å². The lowest BCUT2D eigenvalue weighted by Gasteiger charge is -2.38. The van der Waals surface area contributed by atoms with Crippen LogP contribution in [0.15, 0.2) is 16.8 Å². The van der Waals surface area contributed by atoms with Crippen LogP contribution in [-0.4, -0.2) is 49.4 Å². The molecule has 1 aliphatic heterocycles. The van der Waals surface area contributed by atoms with E-state index in [0.717, 1.165) is 18.5 Å². The zero-order valence-electron chi connectivity index (χ0n) is 11.6. The van der Waals surface area contributed by atoms with Crippen LogP contribution in [0.3, 0.4) is 0 Å². The first-order chi connectivity index (χ1) is 8.52. The summed E-state index contributed by atoms with van der Waals surface area (Å²) in [5.74, 6) is -0.185. The Morgan fingerprint density at radius 1 is 1.61 bits per heavy atom. The third-order valence-corrected chi connectivity index (χ3v) is 3.07. The van der Waals surface area contributed by atoms with Crippen LogP contribution in [0.2, 0.25) is 0 Å². The van der Waals surface area contributed by atoms with E-state index in [2.05, 4.69) is 21.0 Å². The molecule has 18 heavy (non-hydrogen) atoms. The summed E-state index contributed by atoms with van der Waals surface area (Å²) < 4.78 is 5.12. The van der Waals surface area contributed by atoms with Gasteiger partial charge in [0.2, 0.25) is 0 Å². The molecule has 1 aliphatic rings. The number of rotatable bonds is 5. The SMILES string of the molecule is CCOC(=O)C(C)(C)N1CCC=C(C=NOC)C1. The first-order valence-electron chi connectivity index (χ1n) is 6.20. The number of carbonyl (C=O) groups excluding carboxylic acids is 1. The fraction of sp³-hybridized carbons (Fsp3) is 0.692. The van der Waals surface area contributed by atoms with Crippen molar-refractivity contribution in [3.05, 3.63) is 11.6 Å². The van der Waals surface area contributed by atoms with E-state index in [0.29, 0.717) is 13.2 Å². The fourth-order valence-corrected chi connectivity index (χ4v) is 1.90. The van der Waals surface area contributed by atoms with Gasteiger partial charge in [-0.3, -0.25) is 9.69 Å². The molecule has 0 fully saturated rings. The predicted octanol–water partition coefficient (Wildman–Crippen LogP) is 1.59. The lowest BCUT2D eigenvalue weighted by molar-refractivity contribution is -0.155. The summed E-state index contributed by atoms with van der Waals surface area (Å²) in [4.78, 5) is 18.7. The van der Waals surface area contributed by atoms with E-state index in [1.807, 2.05) is 20.8 Å². The molecule has 0 spiro atoms. The average Bonchev–Trinajstić information content (AvgIpc) is 2.37. The van der Waals surface area contributed by atoms with Crippen molar-refractivity contribution in [1.29, 1.82) is 0 Å². The van der Waals surface area contributed by atoms with Gasteiger partial charge in [0, 0.05) is 13.1 Å². The van der Waals surface area contributed by atoms with Crippen LogP contribution in [0.1, 0.15) is 27.2 Å². The summed E-state index contributed by atoms with van der Waals surface area (Å²) in [7, 11) is 1.51. The maximum absolute atomic E-state index is 11.9. The summed E-state index contributed by atoms with van der Waals surface area (Å²) >= 11 is 0. The highest BCUT2D eigenvalue weighted by Crippen LogP contribution is 2.21. The molecule has 0 bridgehead atoms. The van der Waals surface area contributed by atoms with Crippen LogP contribution in [0, 0.1) is 0 Å². The van der Waals surface area contributed by atoms with E-state index in [1.165, 1.54) is 7.11 Å². The van der Waals surface area contributed by atoms with Gasteiger partial charge in [0.1, 0.15) is 12.6 Å². The molecule has 0 aromatic rings. The molecule has 102 valence electrons. The fourth-order valence-electron chi connectivity index (χ4n) is 1.90. The molecule has 0 atom stereocenters. The number of ether oxygens (including phenoxy) is 1. The number of carbonyl (C=O) groups is 1. The lowest BCUT2D eigenvalue weighted by Crippen LogP contribution is -2.53. The van der Waals surface area contributed by atoms with Crippen molar-refractivity contribution in [2.24, 2.45) is 5.16 Å². The van der Waals surface area contributed by atoms with Gasteiger partial charge in [-0.1, -0.05) is 11.2 Å². The minimum Gasteiger partial charge on any atom is -0.465 e. The molecule has 0 saturated carbocycles. The minimum absolute atomic E-state index is 0.185. The van der Waals surface area contributed by atoms with Gasteiger partial charge in [-0.25, -0.2) is 0 Å². The van der Waals surface area contributed by atoms with E-state index in [9.17, 15) is 4.79 Å². The van der Waals surface area contributed by atoms with Crippen molar-refractivity contribution in [2.75, 3.05) is 26.8 Å². The maximum Gasteiger partial charge on any atom is 0.325 e. The molecule has 0 aromatic carbocycles. The van der Waals surface area contributed by atoms with Crippen molar-refractivity contribution in [1.82, 2.24) is 4.90 Å². The van der Waals surface area contributed by atoms with Gasteiger partial charge in [0.05, 0.1) is 12.8 Å². The van der Waals surface area contributed by atoms with Crippen molar-refractivity contribution in [2.45, 2.75) is 32.7 Å². The average molecular weight is 254 g/mol. The van der Waals surface area contributed by atoms with E-state index in [1.54, 1.807) is 6.21 Å². The standard InChI is InChI=1S/C13H22N2O3/c1-5-18-12(16)13(2,3)15-8-6-7-11(10-15)9-14-17-4/h7,9H,5-6,8,10H2,1-4H3. The summed E-state index contributed by atoms with van der Waals surface area (Å²) in [5.41, 5.74) is 0.441. The molecule has 1 rings (SSSR count). The Labute approximate surface area is 108 Å². The van der Waals surface area contributed by atoms with Crippen LogP contribution >= 0.6 is 0 Å². The minimum atomic E-state index is -0.615. The summed E-state index contributed by atoms with van der Waals surface area (Å²) in [6.45, 7) is 7.53. The van der Waals surface area contributed by atoms with Crippen molar-refractivity contribution >= 4 is 12.2 Å². The third-order valence-electron chi connectivity index (χ3n) is 3.07. The first-order valence-corrected chi connectivity index (χ1v) is 6.20. The normalized spacial score (nSPS) is 17.7. The van der Waals surface area contributed by atoms with Gasteiger partial charge in [-0.15, -0.1) is 0 Å². The number of hydrogen-bond acceptors (Lipinski definition) is 5. The summed E-state index contributed by atoms with van der Waals surface area (Å²) in [6.07, 6.45) is 4.70. The number of esters is 1. The highest BCUT2D eigenvalue weighted by atomic mass is 16.6. The van der Waals surface area contributed by atoms with Crippen molar-refractivity contribution in [3.8, 4) is 0 Å². The van der Waals surface area contributed by atoms with E-state index >= 15 is 0 Å². The van der Waals surface area contributed by atoms with Gasteiger partial charge < -0.3 is 9.57 Å². The highest BCUT2D eigenvalue weighted by molar-refractivity contribution is 5.81. The first kappa shape index (κ1) is 14.7. The van der Waals surface area contributed by atoms with Crippen LogP contribution in [0.5, 0.6) is 0 Å². The number of hydrogen-bond donors (Lipinski definition) is 0. The Kier molecular flexibility index (Phi) is 5.34. The van der Waals surface area contributed by atoms with Gasteiger partial charge in [0.15, 0.2) is 0 Å². The molecule has 0 amide bonds. The van der Waals surface area contributed by atoms with Crippen LogP contribution in [0.4, 0.5) is 0 Å². The molecule has 0 radical (unpaired) electrons. The molecule has 0 saturated heterocycles. The van der Waals surface area contributed by atoms with Crippen LogP contribution < -0.4 is 0 Å². The predicted molar refractivity (Wildman–Crippen MR) is 70.5 cm³/mol. The zero-order chi connectivity index (χ0) is 13.6. The smallest absolute Gasteiger partial charge is 0.325 e. The van der Waals surface area contributed by atoms with E-state index in [4.69, 9.17) is 4.74 Å². The van der Waals surface area contributed by atoms with Crippen molar-refractivity contribution < 1.29 is 14.4 Å². The zero-order valence-corrected chi connectivity index (χ0v) is 11.6. The Balaban J connectivity index is 2.70. The van der Waals surface area contributed by atoms with Crippen molar-refractivity contribution in [3.63, 3.8) is 0 Å². The second kappa shape index (κ2) is 6.54. The third kappa shape index (κ3) is 3.57. The molecule has 0 aliphatic carbocycles. The Bertz CT molecular complexity index is 348. The Hall–Kier alpha value is -1.36. The second-order valence-electron chi connectivity index (χ2n) is 4.69. The number of oxime groups is 1. The Morgan fingerprint density at radius 2 is 2.33 bits per heavy atom. The van der Waals surface area contributed by atoms with E-state index < -0.39 is 5.54 Å². The highest BCUT2D eigenvalue weighted by Gasteiger charge is 2.36. The molecular weight excluding hydrogens is 232 g/mol. The molecule has 5 nitrogen and oxygen atoms in total. The molecule has 5 heteroatoms. The second-order valence-corrected chi connectivity index (χ2v) is 4.69. The quantitative estimate of drug-likeness (QED) is 0.425. The van der Waals surface area contributed by atoms with Gasteiger partial charge >= 0.3 is 5.97 Å². The van der Waals surface area contributed by atoms with E-state index in [-0.39, 0.29) is 5.97 Å². The lowest BCUT2D eigenvalue weighted by atomic mass is 9.99. The van der Waals surface area contributed by atoms with Gasteiger partial charge in [0.25, 0.3) is 0 Å². The molecule has 0 unspecified atom stereocenters. The maximum atomic E-state index is 11.9. The number of nitrogens with zero attached hydrogens (tertiary/aromatic N) is 2. The molecular formula is C13H22N2O3. The van der Waals surface area contributed by atoms with Gasteiger partial charge in [-0.05, 0) is 32.8 Å². The van der Waals surface area contributed by atoms with Crippen LogP contribution in [-0.2, 0) is 14.4 Å². The summed E-state index contributed by atoms with van der Waals surface area (Å²) in [6, 6.07) is 0. The molecule has 0 N–H and O–H groups in total. The molecule has 1 heterocycles. The monoisotopic (exact) mass is 254 g/mol. The summed E-state index contributed by atoms with van der Waals surface area (Å²) in [5, 5.41) is 3.76. The topological polar surface area (TPSA) is 51.1 Å².